The molecule has 1 fully saturated rings. The number of benzene rings is 1. The van der Waals surface area contributed by atoms with Crippen molar-refractivity contribution in [1.29, 1.82) is 0 Å². The van der Waals surface area contributed by atoms with Crippen LogP contribution in [0.25, 0.3) is 0 Å². The smallest absolute Gasteiger partial charge is 0.191 e. The zero-order valence-electron chi connectivity index (χ0n) is 14.9. The Labute approximate surface area is 144 Å². The molecule has 0 spiro atoms. The highest BCUT2D eigenvalue weighted by atomic mass is 19.1. The van der Waals surface area contributed by atoms with Crippen molar-refractivity contribution in [3.8, 4) is 0 Å². The standard InChI is InChI=1S/C18H29FN4O/c1-18(9-4-12-24-18)14-22-17(20-2)21-10-11-23(3)13-15-5-7-16(19)8-6-15/h5-8H,4,9-14H2,1-3H3,(H2,20,21,22). The van der Waals surface area contributed by atoms with Crippen LogP contribution >= 0.6 is 0 Å². The molecule has 1 aliphatic rings. The van der Waals surface area contributed by atoms with Crippen LogP contribution in [0.1, 0.15) is 25.3 Å². The van der Waals surface area contributed by atoms with E-state index in [-0.39, 0.29) is 11.4 Å². The molecule has 24 heavy (non-hydrogen) atoms. The van der Waals surface area contributed by atoms with Crippen LogP contribution in [0.15, 0.2) is 29.3 Å². The molecule has 1 saturated heterocycles. The van der Waals surface area contributed by atoms with Gasteiger partial charge in [-0.3, -0.25) is 4.99 Å². The number of rotatable bonds is 7. The van der Waals surface area contributed by atoms with E-state index < -0.39 is 0 Å². The van der Waals surface area contributed by atoms with Gasteiger partial charge in [-0.15, -0.1) is 0 Å². The van der Waals surface area contributed by atoms with E-state index >= 15 is 0 Å². The van der Waals surface area contributed by atoms with Gasteiger partial charge in [0.15, 0.2) is 5.96 Å². The van der Waals surface area contributed by atoms with Crippen LogP contribution in [-0.2, 0) is 11.3 Å². The maximum Gasteiger partial charge on any atom is 0.191 e. The minimum absolute atomic E-state index is 0.0863. The molecule has 6 heteroatoms. The first-order valence-corrected chi connectivity index (χ1v) is 8.52. The van der Waals surface area contributed by atoms with Crippen molar-refractivity contribution in [1.82, 2.24) is 15.5 Å². The van der Waals surface area contributed by atoms with Crippen molar-refractivity contribution in [3.63, 3.8) is 0 Å². The van der Waals surface area contributed by atoms with E-state index in [0.29, 0.717) is 0 Å². The van der Waals surface area contributed by atoms with E-state index in [2.05, 4.69) is 34.5 Å². The van der Waals surface area contributed by atoms with Crippen molar-refractivity contribution in [3.05, 3.63) is 35.6 Å². The number of nitrogens with one attached hydrogen (secondary N) is 2. The number of likely N-dealkylation sites (N-methyl/N-ethyl adjacent to an activating group) is 1. The molecule has 0 aliphatic carbocycles. The van der Waals surface area contributed by atoms with Gasteiger partial charge in [-0.05, 0) is 44.5 Å². The lowest BCUT2D eigenvalue weighted by atomic mass is 10.0. The maximum atomic E-state index is 12.9. The van der Waals surface area contributed by atoms with Gasteiger partial charge in [0.2, 0.25) is 0 Å². The average molecular weight is 336 g/mol. The summed E-state index contributed by atoms with van der Waals surface area (Å²) in [6.45, 7) is 6.19. The third-order valence-corrected chi connectivity index (χ3v) is 4.31. The zero-order chi connectivity index (χ0) is 17.4. The fourth-order valence-electron chi connectivity index (χ4n) is 2.81. The van der Waals surface area contributed by atoms with Crippen LogP contribution in [0, 0.1) is 5.82 Å². The fraction of sp³-hybridized carbons (Fsp3) is 0.611. The molecule has 1 aromatic carbocycles. The summed E-state index contributed by atoms with van der Waals surface area (Å²) in [5.74, 6) is 0.597. The Morgan fingerprint density at radius 3 is 2.71 bits per heavy atom. The second-order valence-corrected chi connectivity index (χ2v) is 6.62. The normalized spacial score (nSPS) is 21.3. The molecule has 1 aromatic rings. The summed E-state index contributed by atoms with van der Waals surface area (Å²) in [6, 6.07) is 6.64. The molecular weight excluding hydrogens is 307 g/mol. The summed E-state index contributed by atoms with van der Waals surface area (Å²) in [5.41, 5.74) is 1.02. The molecule has 0 saturated carbocycles. The quantitative estimate of drug-likeness (QED) is 0.591. The van der Waals surface area contributed by atoms with Gasteiger partial charge in [0.1, 0.15) is 5.82 Å². The Kier molecular flexibility index (Phi) is 6.99. The number of hydrogen-bond acceptors (Lipinski definition) is 3. The molecule has 134 valence electrons. The molecule has 2 rings (SSSR count). The number of halogens is 1. The van der Waals surface area contributed by atoms with E-state index in [1.165, 1.54) is 12.1 Å². The number of nitrogens with zero attached hydrogens (tertiary/aromatic N) is 2. The van der Waals surface area contributed by atoms with Crippen LogP contribution in [0.5, 0.6) is 0 Å². The van der Waals surface area contributed by atoms with Crippen molar-refractivity contribution in [2.75, 3.05) is 40.3 Å². The fourth-order valence-corrected chi connectivity index (χ4v) is 2.81. The second kappa shape index (κ2) is 8.99. The highest BCUT2D eigenvalue weighted by Gasteiger charge is 2.29. The van der Waals surface area contributed by atoms with Crippen LogP contribution in [0.2, 0.25) is 0 Å². The molecule has 1 atom stereocenters. The van der Waals surface area contributed by atoms with E-state index in [1.807, 2.05) is 12.1 Å². The predicted molar refractivity (Wildman–Crippen MR) is 95.7 cm³/mol. The molecule has 0 amide bonds. The summed E-state index contributed by atoms with van der Waals surface area (Å²) >= 11 is 0. The van der Waals surface area contributed by atoms with Crippen LogP contribution in [0.3, 0.4) is 0 Å². The number of guanidine groups is 1. The highest BCUT2D eigenvalue weighted by Crippen LogP contribution is 2.23. The van der Waals surface area contributed by atoms with Gasteiger partial charge in [-0.25, -0.2) is 4.39 Å². The first-order valence-electron chi connectivity index (χ1n) is 8.52. The van der Waals surface area contributed by atoms with E-state index in [9.17, 15) is 4.39 Å². The summed E-state index contributed by atoms with van der Waals surface area (Å²) in [7, 11) is 3.82. The third kappa shape index (κ3) is 6.09. The molecular formula is C18H29FN4O. The Morgan fingerprint density at radius 2 is 2.08 bits per heavy atom. The van der Waals surface area contributed by atoms with Crippen LogP contribution in [-0.4, -0.2) is 56.8 Å². The molecule has 0 radical (unpaired) electrons. The first kappa shape index (κ1) is 18.7. The van der Waals surface area contributed by atoms with Crippen LogP contribution < -0.4 is 10.6 Å². The van der Waals surface area contributed by atoms with Gasteiger partial charge < -0.3 is 20.3 Å². The lowest BCUT2D eigenvalue weighted by Gasteiger charge is -2.25. The van der Waals surface area contributed by atoms with E-state index in [4.69, 9.17) is 4.74 Å². The van der Waals surface area contributed by atoms with Crippen molar-refractivity contribution < 1.29 is 9.13 Å². The average Bonchev–Trinajstić information content (AvgIpc) is 3.00. The summed E-state index contributed by atoms with van der Waals surface area (Å²) in [5, 5.41) is 6.65. The van der Waals surface area contributed by atoms with Crippen molar-refractivity contribution in [2.45, 2.75) is 31.9 Å². The van der Waals surface area contributed by atoms with Gasteiger partial charge >= 0.3 is 0 Å². The van der Waals surface area contributed by atoms with Gasteiger partial charge in [0.05, 0.1) is 5.60 Å². The minimum Gasteiger partial charge on any atom is -0.373 e. The number of ether oxygens (including phenoxy) is 1. The van der Waals surface area contributed by atoms with Gasteiger partial charge in [0, 0.05) is 39.8 Å². The molecule has 0 bridgehead atoms. The Bertz CT molecular complexity index is 526. The summed E-state index contributed by atoms with van der Waals surface area (Å²) in [6.07, 6.45) is 2.20. The topological polar surface area (TPSA) is 48.9 Å². The Balaban J connectivity index is 1.66. The Hall–Kier alpha value is -1.66. The lowest BCUT2D eigenvalue weighted by Crippen LogP contribution is -2.46. The summed E-state index contributed by atoms with van der Waals surface area (Å²) in [4.78, 5) is 6.44. The van der Waals surface area contributed by atoms with Crippen molar-refractivity contribution >= 4 is 5.96 Å². The van der Waals surface area contributed by atoms with Crippen LogP contribution in [0.4, 0.5) is 4.39 Å². The monoisotopic (exact) mass is 336 g/mol. The van der Waals surface area contributed by atoms with Gasteiger partial charge in [-0.1, -0.05) is 12.1 Å². The predicted octanol–water partition coefficient (Wildman–Crippen LogP) is 1.99. The molecule has 1 heterocycles. The SMILES string of the molecule is CN=C(NCCN(C)Cc1ccc(F)cc1)NCC1(C)CCCO1. The molecule has 0 aromatic heterocycles. The third-order valence-electron chi connectivity index (χ3n) is 4.31. The maximum absolute atomic E-state index is 12.9. The van der Waals surface area contributed by atoms with E-state index in [1.54, 1.807) is 7.05 Å². The number of hydrogen-bond donors (Lipinski definition) is 2. The number of aliphatic imine (C=N–C) groups is 1. The highest BCUT2D eigenvalue weighted by molar-refractivity contribution is 5.79. The molecule has 5 nitrogen and oxygen atoms in total. The van der Waals surface area contributed by atoms with E-state index in [0.717, 1.165) is 57.2 Å². The molecule has 1 aliphatic heterocycles. The second-order valence-electron chi connectivity index (χ2n) is 6.62. The van der Waals surface area contributed by atoms with Gasteiger partial charge in [-0.2, -0.15) is 0 Å². The van der Waals surface area contributed by atoms with Gasteiger partial charge in [0.25, 0.3) is 0 Å². The lowest BCUT2D eigenvalue weighted by molar-refractivity contribution is 0.0243. The molecule has 1 unspecified atom stereocenters. The molecule has 2 N–H and O–H groups in total. The first-order chi connectivity index (χ1) is 11.5. The zero-order valence-corrected chi connectivity index (χ0v) is 14.9. The van der Waals surface area contributed by atoms with Crippen molar-refractivity contribution in [2.24, 2.45) is 4.99 Å². The summed E-state index contributed by atoms with van der Waals surface area (Å²) < 4.78 is 18.7. The largest absolute Gasteiger partial charge is 0.373 e. The Morgan fingerprint density at radius 1 is 1.33 bits per heavy atom. The minimum atomic E-state index is -0.196.